The predicted molar refractivity (Wildman–Crippen MR) is 59.2 cm³/mol. The average molecular weight is 202 g/mol. The van der Waals surface area contributed by atoms with Crippen molar-refractivity contribution in [1.82, 2.24) is 9.97 Å². The number of fused-ring (bicyclic) bond motifs is 1. The van der Waals surface area contributed by atoms with Crippen LogP contribution in [0.2, 0.25) is 0 Å². The van der Waals surface area contributed by atoms with E-state index in [4.69, 9.17) is 4.74 Å². The van der Waals surface area contributed by atoms with Gasteiger partial charge in [0.25, 0.3) is 0 Å². The van der Waals surface area contributed by atoms with Crippen molar-refractivity contribution in [1.29, 1.82) is 0 Å². The number of H-pyrrole nitrogens is 1. The first kappa shape index (κ1) is 8.77. The van der Waals surface area contributed by atoms with Crippen LogP contribution in [0.1, 0.15) is 25.1 Å². The lowest BCUT2D eigenvalue weighted by molar-refractivity contribution is 0.415. The second-order valence-electron chi connectivity index (χ2n) is 4.32. The Balaban J connectivity index is 2.06. The van der Waals surface area contributed by atoms with E-state index in [1.54, 1.807) is 7.11 Å². The zero-order valence-corrected chi connectivity index (χ0v) is 8.95. The number of imidazole rings is 1. The normalized spacial score (nSPS) is 24.4. The smallest absolute Gasteiger partial charge is 0.121 e. The first-order valence-corrected chi connectivity index (χ1v) is 5.31. The zero-order chi connectivity index (χ0) is 10.4. The summed E-state index contributed by atoms with van der Waals surface area (Å²) in [6.45, 7) is 2.26. The molecule has 3 rings (SSSR count). The highest BCUT2D eigenvalue weighted by Gasteiger charge is 2.36. The van der Waals surface area contributed by atoms with Gasteiger partial charge in [0, 0.05) is 12.0 Å². The molecule has 0 saturated heterocycles. The molecule has 15 heavy (non-hydrogen) atoms. The van der Waals surface area contributed by atoms with Crippen LogP contribution in [0.25, 0.3) is 11.0 Å². The molecule has 2 aromatic rings. The average Bonchev–Trinajstić information content (AvgIpc) is 2.83. The van der Waals surface area contributed by atoms with Crippen LogP contribution in [0.15, 0.2) is 18.2 Å². The molecule has 1 N–H and O–H groups in total. The largest absolute Gasteiger partial charge is 0.497 e. The summed E-state index contributed by atoms with van der Waals surface area (Å²) in [6, 6.07) is 5.95. The molecule has 0 radical (unpaired) electrons. The molecule has 2 unspecified atom stereocenters. The van der Waals surface area contributed by atoms with Crippen LogP contribution in [-0.2, 0) is 0 Å². The van der Waals surface area contributed by atoms with Gasteiger partial charge < -0.3 is 9.72 Å². The van der Waals surface area contributed by atoms with Crippen LogP contribution in [-0.4, -0.2) is 17.1 Å². The molecule has 1 fully saturated rings. The number of ether oxygens (including phenoxy) is 1. The Morgan fingerprint density at radius 1 is 1.47 bits per heavy atom. The number of rotatable bonds is 2. The maximum Gasteiger partial charge on any atom is 0.121 e. The molecule has 1 aliphatic rings. The molecule has 0 amide bonds. The van der Waals surface area contributed by atoms with E-state index in [0.717, 1.165) is 28.5 Å². The van der Waals surface area contributed by atoms with Gasteiger partial charge in [-0.15, -0.1) is 0 Å². The van der Waals surface area contributed by atoms with Crippen molar-refractivity contribution in [2.45, 2.75) is 19.3 Å². The topological polar surface area (TPSA) is 37.9 Å². The molecule has 3 heteroatoms. The molecule has 2 atom stereocenters. The molecule has 1 aromatic heterocycles. The molecule has 1 aliphatic carbocycles. The van der Waals surface area contributed by atoms with E-state index in [2.05, 4.69) is 16.9 Å². The summed E-state index contributed by atoms with van der Waals surface area (Å²) in [4.78, 5) is 7.96. The van der Waals surface area contributed by atoms with Gasteiger partial charge in [0.2, 0.25) is 0 Å². The van der Waals surface area contributed by atoms with Crippen molar-refractivity contribution in [3.8, 4) is 5.75 Å². The summed E-state index contributed by atoms with van der Waals surface area (Å²) in [5, 5.41) is 0. The second-order valence-corrected chi connectivity index (χ2v) is 4.32. The van der Waals surface area contributed by atoms with Gasteiger partial charge in [0.1, 0.15) is 11.6 Å². The molecule has 0 bridgehead atoms. The number of hydrogen-bond acceptors (Lipinski definition) is 2. The number of nitrogens with one attached hydrogen (secondary N) is 1. The van der Waals surface area contributed by atoms with E-state index in [1.165, 1.54) is 6.42 Å². The highest BCUT2D eigenvalue weighted by Crippen LogP contribution is 2.46. The predicted octanol–water partition coefficient (Wildman–Crippen LogP) is 2.69. The summed E-state index contributed by atoms with van der Waals surface area (Å²) in [5.41, 5.74) is 2.10. The monoisotopic (exact) mass is 202 g/mol. The molecule has 1 heterocycles. The highest BCUT2D eigenvalue weighted by atomic mass is 16.5. The quantitative estimate of drug-likeness (QED) is 0.813. The minimum atomic E-state index is 0.642. The maximum absolute atomic E-state index is 5.18. The Morgan fingerprint density at radius 3 is 2.93 bits per heavy atom. The first-order valence-electron chi connectivity index (χ1n) is 5.31. The van der Waals surface area contributed by atoms with Gasteiger partial charge in [-0.2, -0.15) is 0 Å². The van der Waals surface area contributed by atoms with E-state index >= 15 is 0 Å². The number of methoxy groups -OCH3 is 1. The Labute approximate surface area is 88.5 Å². The van der Waals surface area contributed by atoms with E-state index in [1.807, 2.05) is 18.2 Å². The lowest BCUT2D eigenvalue weighted by Gasteiger charge is -1.96. The summed E-state index contributed by atoms with van der Waals surface area (Å²) in [5.74, 6) is 3.43. The fourth-order valence-electron chi connectivity index (χ4n) is 2.01. The third-order valence-electron chi connectivity index (χ3n) is 3.17. The highest BCUT2D eigenvalue weighted by molar-refractivity contribution is 5.77. The molecule has 1 saturated carbocycles. The Bertz CT molecular complexity index is 503. The number of aromatic nitrogens is 2. The number of aromatic amines is 1. The fourth-order valence-corrected chi connectivity index (χ4v) is 2.01. The summed E-state index contributed by atoms with van der Waals surface area (Å²) < 4.78 is 5.18. The van der Waals surface area contributed by atoms with Crippen molar-refractivity contribution < 1.29 is 4.74 Å². The Kier molecular flexibility index (Phi) is 1.75. The lowest BCUT2D eigenvalue weighted by Crippen LogP contribution is -1.82. The Morgan fingerprint density at radius 2 is 2.27 bits per heavy atom. The van der Waals surface area contributed by atoms with Gasteiger partial charge in [0.05, 0.1) is 18.1 Å². The van der Waals surface area contributed by atoms with Crippen molar-refractivity contribution in [2.75, 3.05) is 7.11 Å². The minimum Gasteiger partial charge on any atom is -0.497 e. The lowest BCUT2D eigenvalue weighted by atomic mass is 10.3. The van der Waals surface area contributed by atoms with Crippen LogP contribution in [0.4, 0.5) is 0 Å². The van der Waals surface area contributed by atoms with E-state index in [0.29, 0.717) is 5.92 Å². The minimum absolute atomic E-state index is 0.642. The van der Waals surface area contributed by atoms with E-state index < -0.39 is 0 Å². The number of nitrogens with zero attached hydrogens (tertiary/aromatic N) is 1. The maximum atomic E-state index is 5.18. The number of hydrogen-bond donors (Lipinski definition) is 1. The van der Waals surface area contributed by atoms with Crippen LogP contribution in [0.3, 0.4) is 0 Å². The van der Waals surface area contributed by atoms with Crippen LogP contribution >= 0.6 is 0 Å². The SMILES string of the molecule is COc1ccc2nc(C3CC3C)[nH]c2c1. The van der Waals surface area contributed by atoms with Gasteiger partial charge in [-0.3, -0.25) is 0 Å². The van der Waals surface area contributed by atoms with Crippen molar-refractivity contribution in [3.63, 3.8) is 0 Å². The summed E-state index contributed by atoms with van der Waals surface area (Å²) in [6.07, 6.45) is 1.26. The van der Waals surface area contributed by atoms with E-state index in [9.17, 15) is 0 Å². The van der Waals surface area contributed by atoms with Gasteiger partial charge in [-0.05, 0) is 24.5 Å². The summed E-state index contributed by atoms with van der Waals surface area (Å²) in [7, 11) is 1.68. The molecule has 3 nitrogen and oxygen atoms in total. The third kappa shape index (κ3) is 1.39. The van der Waals surface area contributed by atoms with Gasteiger partial charge in [0.15, 0.2) is 0 Å². The van der Waals surface area contributed by atoms with Crippen LogP contribution in [0.5, 0.6) is 5.75 Å². The molecule has 0 spiro atoms. The van der Waals surface area contributed by atoms with Crippen LogP contribution < -0.4 is 4.74 Å². The fraction of sp³-hybridized carbons (Fsp3) is 0.417. The second kappa shape index (κ2) is 2.99. The zero-order valence-electron chi connectivity index (χ0n) is 8.95. The molecular formula is C12H14N2O. The third-order valence-corrected chi connectivity index (χ3v) is 3.17. The van der Waals surface area contributed by atoms with Gasteiger partial charge >= 0.3 is 0 Å². The molecule has 1 aromatic carbocycles. The summed E-state index contributed by atoms with van der Waals surface area (Å²) >= 11 is 0. The molecule has 78 valence electrons. The van der Waals surface area contributed by atoms with Crippen molar-refractivity contribution in [2.24, 2.45) is 5.92 Å². The number of benzene rings is 1. The van der Waals surface area contributed by atoms with Gasteiger partial charge in [-0.25, -0.2) is 4.98 Å². The van der Waals surface area contributed by atoms with Crippen LogP contribution in [0, 0.1) is 5.92 Å². The van der Waals surface area contributed by atoms with Gasteiger partial charge in [-0.1, -0.05) is 6.92 Å². The molecular weight excluding hydrogens is 188 g/mol. The first-order chi connectivity index (χ1) is 7.28. The van der Waals surface area contributed by atoms with E-state index in [-0.39, 0.29) is 0 Å². The molecule has 0 aliphatic heterocycles. The Hall–Kier alpha value is -1.51. The van der Waals surface area contributed by atoms with Crippen molar-refractivity contribution >= 4 is 11.0 Å². The standard InChI is InChI=1S/C12H14N2O/c1-7-5-9(7)12-13-10-4-3-8(15-2)6-11(10)14-12/h3-4,6-7,9H,5H2,1-2H3,(H,13,14). The van der Waals surface area contributed by atoms with Crippen molar-refractivity contribution in [3.05, 3.63) is 24.0 Å².